The first-order valence-corrected chi connectivity index (χ1v) is 11.2. The number of hydrogen-bond donors (Lipinski definition) is 3. The zero-order valence-electron chi connectivity index (χ0n) is 18.5. The number of nitrogens with one attached hydrogen (secondary N) is 1. The van der Waals surface area contributed by atoms with Crippen molar-refractivity contribution in [1.82, 2.24) is 5.32 Å². The third kappa shape index (κ3) is 5.13. The number of nitrogens with two attached hydrogens (primary N) is 1. The molecule has 0 bridgehead atoms. The van der Waals surface area contributed by atoms with Gasteiger partial charge in [-0.3, -0.25) is 4.79 Å². The number of oxime groups is 1. The van der Waals surface area contributed by atoms with Crippen LogP contribution in [0.3, 0.4) is 0 Å². The van der Waals surface area contributed by atoms with E-state index in [1.54, 1.807) is 24.3 Å². The van der Waals surface area contributed by atoms with Crippen molar-refractivity contribution in [3.05, 3.63) is 102 Å². The van der Waals surface area contributed by atoms with Crippen LogP contribution in [-0.2, 0) is 13.0 Å². The zero-order valence-corrected chi connectivity index (χ0v) is 18.5. The average Bonchev–Trinajstić information content (AvgIpc) is 3.03. The third-order valence-corrected chi connectivity index (χ3v) is 6.15. The van der Waals surface area contributed by atoms with Crippen LogP contribution in [0.5, 0.6) is 5.75 Å². The standard InChI is InChI=1S/C27H29N3O3/c28-27(24(30-32)12-7-17-29-25(27)18-20-8-3-1-4-9-20)26(31)22-13-15-23(16-14-22)33-19-21-10-5-2-6-11-21/h1-6,8-11,13-16,25,29,32H,7,12,17-19,28H2. The molecule has 0 spiro atoms. The van der Waals surface area contributed by atoms with Crippen molar-refractivity contribution >= 4 is 11.5 Å². The van der Waals surface area contributed by atoms with Crippen molar-refractivity contribution in [2.75, 3.05) is 6.54 Å². The van der Waals surface area contributed by atoms with E-state index in [0.29, 0.717) is 43.0 Å². The largest absolute Gasteiger partial charge is 0.489 e. The maximum absolute atomic E-state index is 13.7. The molecule has 6 heteroatoms. The highest BCUT2D eigenvalue weighted by molar-refractivity contribution is 6.21. The summed E-state index contributed by atoms with van der Waals surface area (Å²) >= 11 is 0. The lowest BCUT2D eigenvalue weighted by Crippen LogP contribution is -2.66. The van der Waals surface area contributed by atoms with Crippen molar-refractivity contribution in [3.63, 3.8) is 0 Å². The van der Waals surface area contributed by atoms with Crippen LogP contribution in [0.25, 0.3) is 0 Å². The molecular weight excluding hydrogens is 414 g/mol. The lowest BCUT2D eigenvalue weighted by atomic mass is 9.76. The van der Waals surface area contributed by atoms with Crippen LogP contribution >= 0.6 is 0 Å². The molecule has 0 amide bonds. The van der Waals surface area contributed by atoms with Crippen LogP contribution in [0.2, 0.25) is 0 Å². The van der Waals surface area contributed by atoms with Gasteiger partial charge in [0.05, 0.1) is 5.71 Å². The molecule has 4 rings (SSSR count). The van der Waals surface area contributed by atoms with E-state index in [0.717, 1.165) is 17.5 Å². The van der Waals surface area contributed by atoms with E-state index in [1.165, 1.54) is 0 Å². The number of Topliss-reactive ketones (excluding diaryl/α,β-unsaturated/α-hetero) is 1. The van der Waals surface area contributed by atoms with Crippen LogP contribution in [0.15, 0.2) is 90.1 Å². The second kappa shape index (κ2) is 10.4. The Morgan fingerprint density at radius 1 is 1.00 bits per heavy atom. The number of hydrogen-bond acceptors (Lipinski definition) is 6. The van der Waals surface area contributed by atoms with Gasteiger partial charge in [-0.2, -0.15) is 0 Å². The van der Waals surface area contributed by atoms with Gasteiger partial charge in [-0.1, -0.05) is 65.8 Å². The molecule has 0 aliphatic carbocycles. The molecule has 0 aromatic heterocycles. The number of benzene rings is 3. The van der Waals surface area contributed by atoms with E-state index in [9.17, 15) is 10.0 Å². The lowest BCUT2D eigenvalue weighted by Gasteiger charge is -2.35. The summed E-state index contributed by atoms with van der Waals surface area (Å²) in [4.78, 5) is 13.7. The summed E-state index contributed by atoms with van der Waals surface area (Å²) in [5.41, 5.74) is 8.24. The van der Waals surface area contributed by atoms with Gasteiger partial charge in [0.25, 0.3) is 0 Å². The monoisotopic (exact) mass is 443 g/mol. The molecule has 1 fully saturated rings. The van der Waals surface area contributed by atoms with Crippen LogP contribution in [0.4, 0.5) is 0 Å². The maximum atomic E-state index is 13.7. The summed E-state index contributed by atoms with van der Waals surface area (Å²) in [5, 5.41) is 16.7. The molecule has 1 saturated heterocycles. The molecule has 1 heterocycles. The van der Waals surface area contributed by atoms with E-state index in [1.807, 2.05) is 60.7 Å². The Kier molecular flexibility index (Phi) is 7.17. The van der Waals surface area contributed by atoms with Gasteiger partial charge in [-0.15, -0.1) is 0 Å². The first-order chi connectivity index (χ1) is 16.1. The lowest BCUT2D eigenvalue weighted by molar-refractivity contribution is 0.0904. The van der Waals surface area contributed by atoms with Gasteiger partial charge < -0.3 is 21.0 Å². The molecule has 2 atom stereocenters. The molecule has 170 valence electrons. The molecule has 1 aliphatic heterocycles. The van der Waals surface area contributed by atoms with Crippen molar-refractivity contribution < 1.29 is 14.7 Å². The molecule has 3 aromatic rings. The zero-order chi connectivity index (χ0) is 23.1. The minimum atomic E-state index is -1.46. The topological polar surface area (TPSA) is 96.9 Å². The summed E-state index contributed by atoms with van der Waals surface area (Å²) in [6, 6.07) is 26.3. The second-order valence-corrected chi connectivity index (χ2v) is 8.34. The maximum Gasteiger partial charge on any atom is 0.190 e. The highest BCUT2D eigenvalue weighted by Crippen LogP contribution is 2.26. The fourth-order valence-corrected chi connectivity index (χ4v) is 4.29. The van der Waals surface area contributed by atoms with Gasteiger partial charge in [0, 0.05) is 11.6 Å². The second-order valence-electron chi connectivity index (χ2n) is 8.34. The Hall–Kier alpha value is -3.48. The Labute approximate surface area is 194 Å². The van der Waals surface area contributed by atoms with Crippen LogP contribution < -0.4 is 15.8 Å². The predicted molar refractivity (Wildman–Crippen MR) is 129 cm³/mol. The van der Waals surface area contributed by atoms with Crippen LogP contribution in [0, 0.1) is 0 Å². The van der Waals surface area contributed by atoms with E-state index < -0.39 is 11.6 Å². The number of rotatable bonds is 7. The summed E-state index contributed by atoms with van der Waals surface area (Å²) in [6.07, 6.45) is 1.73. The minimum absolute atomic E-state index is 0.278. The van der Waals surface area contributed by atoms with E-state index in [4.69, 9.17) is 10.5 Å². The van der Waals surface area contributed by atoms with Crippen LogP contribution in [-0.4, -0.2) is 34.8 Å². The smallest absolute Gasteiger partial charge is 0.190 e. The van der Waals surface area contributed by atoms with E-state index >= 15 is 0 Å². The third-order valence-electron chi connectivity index (χ3n) is 6.15. The summed E-state index contributed by atoms with van der Waals surface area (Å²) < 4.78 is 5.84. The summed E-state index contributed by atoms with van der Waals surface area (Å²) in [5.74, 6) is 0.387. The van der Waals surface area contributed by atoms with Crippen molar-refractivity contribution in [3.8, 4) is 5.75 Å². The highest BCUT2D eigenvalue weighted by Gasteiger charge is 2.48. The normalized spacial score (nSPS) is 22.0. The Morgan fingerprint density at radius 2 is 1.64 bits per heavy atom. The van der Waals surface area contributed by atoms with Crippen LogP contribution in [0.1, 0.15) is 34.3 Å². The number of nitrogens with zero attached hydrogens (tertiary/aromatic N) is 1. The first-order valence-electron chi connectivity index (χ1n) is 11.2. The van der Waals surface area contributed by atoms with Crippen molar-refractivity contribution in [2.45, 2.75) is 37.5 Å². The molecular formula is C27H29N3O3. The Morgan fingerprint density at radius 3 is 2.27 bits per heavy atom. The van der Waals surface area contributed by atoms with Gasteiger partial charge in [0.1, 0.15) is 17.9 Å². The summed E-state index contributed by atoms with van der Waals surface area (Å²) in [6.45, 7) is 1.13. The highest BCUT2D eigenvalue weighted by atomic mass is 16.5. The van der Waals surface area contributed by atoms with Gasteiger partial charge in [0.2, 0.25) is 0 Å². The quantitative estimate of drug-likeness (QED) is 0.292. The molecule has 0 saturated carbocycles. The summed E-state index contributed by atoms with van der Waals surface area (Å²) in [7, 11) is 0. The first kappa shape index (κ1) is 22.7. The van der Waals surface area contributed by atoms with Gasteiger partial charge in [-0.25, -0.2) is 0 Å². The molecule has 6 nitrogen and oxygen atoms in total. The van der Waals surface area contributed by atoms with Gasteiger partial charge in [-0.05, 0) is 61.2 Å². The molecule has 4 N–H and O–H groups in total. The van der Waals surface area contributed by atoms with Crippen molar-refractivity contribution in [2.24, 2.45) is 10.9 Å². The molecule has 3 aromatic carbocycles. The number of ether oxygens (including phenoxy) is 1. The fourth-order valence-electron chi connectivity index (χ4n) is 4.29. The molecule has 2 unspecified atom stereocenters. The molecule has 1 aliphatic rings. The molecule has 33 heavy (non-hydrogen) atoms. The van der Waals surface area contributed by atoms with Gasteiger partial charge in [0.15, 0.2) is 5.78 Å². The predicted octanol–water partition coefficient (Wildman–Crippen LogP) is 3.97. The Bertz CT molecular complexity index is 1080. The fraction of sp³-hybridized carbons (Fsp3) is 0.259. The van der Waals surface area contributed by atoms with E-state index in [2.05, 4.69) is 10.5 Å². The molecule has 0 radical (unpaired) electrons. The number of carbonyl (C=O) groups excluding carboxylic acids is 1. The van der Waals surface area contributed by atoms with Gasteiger partial charge >= 0.3 is 0 Å². The Balaban J connectivity index is 1.57. The van der Waals surface area contributed by atoms with E-state index in [-0.39, 0.29) is 5.78 Å². The SMILES string of the molecule is NC1(C(=O)c2ccc(OCc3ccccc3)cc2)C(=NO)CCCNC1Cc1ccccc1. The minimum Gasteiger partial charge on any atom is -0.489 e. The van der Waals surface area contributed by atoms with Crippen molar-refractivity contribution in [1.29, 1.82) is 0 Å². The number of ketones is 1. The average molecular weight is 444 g/mol. The number of carbonyl (C=O) groups is 1.